The van der Waals surface area contributed by atoms with E-state index in [1.54, 1.807) is 0 Å². The molecular formula is C8H11KO3. The molecule has 0 aliphatic rings. The van der Waals surface area contributed by atoms with Crippen LogP contribution >= 0.6 is 0 Å². The molecule has 0 radical (unpaired) electrons. The third-order valence-electron chi connectivity index (χ3n) is 1.20. The fourth-order valence-electron chi connectivity index (χ4n) is 0.738. The van der Waals surface area contributed by atoms with E-state index in [0.29, 0.717) is 6.61 Å². The summed E-state index contributed by atoms with van der Waals surface area (Å²) in [6.45, 7) is 0.270. The zero-order valence-corrected chi connectivity index (χ0v) is 10.2. The van der Waals surface area contributed by atoms with Gasteiger partial charge in [-0.3, -0.25) is 0 Å². The van der Waals surface area contributed by atoms with E-state index in [0.717, 1.165) is 5.56 Å². The summed E-state index contributed by atoms with van der Waals surface area (Å²) < 4.78 is 4.78. The number of aliphatic hydroxyl groups excluding tert-OH is 1. The number of aliphatic hydroxyl groups is 1. The summed E-state index contributed by atoms with van der Waals surface area (Å²) in [6, 6.07) is 9.74. The van der Waals surface area contributed by atoms with E-state index < -0.39 is 0 Å². The van der Waals surface area contributed by atoms with E-state index in [1.807, 2.05) is 30.3 Å². The quantitative estimate of drug-likeness (QED) is 0.446. The third kappa shape index (κ3) is 6.27. The number of rotatable bonds is 3. The van der Waals surface area contributed by atoms with Gasteiger partial charge in [-0.1, -0.05) is 30.3 Å². The number of benzene rings is 1. The van der Waals surface area contributed by atoms with Gasteiger partial charge in [0, 0.05) is 0 Å². The molecule has 1 rings (SSSR count). The fraction of sp³-hybridized carbons (Fsp3) is 0.250. The Bertz CT molecular complexity index is 179. The Morgan fingerprint density at radius 1 is 1.17 bits per heavy atom. The van der Waals surface area contributed by atoms with Gasteiger partial charge in [0.05, 0.1) is 6.61 Å². The standard InChI is InChI=1S/C8H10O2.K.H2O/c9-7-10-6-8-4-2-1-3-5-8;;/h1-5,9H,6-7H2;;1H2/q;+1;/p-1. The van der Waals surface area contributed by atoms with E-state index in [-0.39, 0.29) is 63.7 Å². The topological polar surface area (TPSA) is 59.5 Å². The van der Waals surface area contributed by atoms with E-state index >= 15 is 0 Å². The summed E-state index contributed by atoms with van der Waals surface area (Å²) in [5.74, 6) is 0. The van der Waals surface area contributed by atoms with E-state index in [9.17, 15) is 0 Å². The third-order valence-corrected chi connectivity index (χ3v) is 1.20. The Labute approximate surface area is 114 Å². The van der Waals surface area contributed by atoms with Crippen LogP contribution in [0.5, 0.6) is 0 Å². The second kappa shape index (κ2) is 9.82. The number of hydrogen-bond acceptors (Lipinski definition) is 3. The minimum Gasteiger partial charge on any atom is -0.870 e. The predicted octanol–water partition coefficient (Wildman–Crippen LogP) is -2.02. The van der Waals surface area contributed by atoms with E-state index in [1.165, 1.54) is 0 Å². The molecule has 3 nitrogen and oxygen atoms in total. The summed E-state index contributed by atoms with van der Waals surface area (Å²) in [4.78, 5) is 0. The maximum Gasteiger partial charge on any atom is 1.00 e. The molecule has 0 aromatic heterocycles. The molecule has 0 aliphatic carbocycles. The van der Waals surface area contributed by atoms with Crippen molar-refractivity contribution in [3.63, 3.8) is 0 Å². The SMILES string of the molecule is OCOCc1ccccc1.[K+].[OH-]. The van der Waals surface area contributed by atoms with Crippen molar-refractivity contribution >= 4 is 0 Å². The van der Waals surface area contributed by atoms with Gasteiger partial charge in [-0.05, 0) is 5.56 Å². The van der Waals surface area contributed by atoms with Gasteiger partial charge in [-0.25, -0.2) is 0 Å². The van der Waals surface area contributed by atoms with Crippen LogP contribution in [-0.2, 0) is 11.3 Å². The van der Waals surface area contributed by atoms with Crippen LogP contribution in [0.1, 0.15) is 5.56 Å². The van der Waals surface area contributed by atoms with Gasteiger partial charge in [0.25, 0.3) is 0 Å². The molecule has 0 heterocycles. The minimum absolute atomic E-state index is 0. The van der Waals surface area contributed by atoms with Crippen molar-refractivity contribution in [2.75, 3.05) is 6.79 Å². The Hall–Kier alpha value is 0.736. The Morgan fingerprint density at radius 3 is 2.25 bits per heavy atom. The van der Waals surface area contributed by atoms with Crippen molar-refractivity contribution in [1.29, 1.82) is 0 Å². The zero-order valence-electron chi connectivity index (χ0n) is 7.10. The van der Waals surface area contributed by atoms with Gasteiger partial charge in [0.1, 0.15) is 6.79 Å². The summed E-state index contributed by atoms with van der Waals surface area (Å²) >= 11 is 0. The van der Waals surface area contributed by atoms with Gasteiger partial charge >= 0.3 is 51.4 Å². The van der Waals surface area contributed by atoms with Crippen molar-refractivity contribution < 1.29 is 66.7 Å². The van der Waals surface area contributed by atoms with Crippen molar-refractivity contribution in [2.24, 2.45) is 0 Å². The first-order valence-electron chi connectivity index (χ1n) is 3.16. The molecular weight excluding hydrogens is 183 g/mol. The zero-order chi connectivity index (χ0) is 7.23. The molecule has 4 heteroatoms. The van der Waals surface area contributed by atoms with Gasteiger partial charge in [0.2, 0.25) is 0 Å². The summed E-state index contributed by atoms with van der Waals surface area (Å²) in [5.41, 5.74) is 1.08. The molecule has 0 bridgehead atoms. The van der Waals surface area contributed by atoms with Crippen LogP contribution in [0.15, 0.2) is 30.3 Å². The summed E-state index contributed by atoms with van der Waals surface area (Å²) in [7, 11) is 0. The fourth-order valence-corrected chi connectivity index (χ4v) is 0.738. The molecule has 0 saturated heterocycles. The monoisotopic (exact) mass is 194 g/mol. The molecule has 62 valence electrons. The molecule has 0 amide bonds. The summed E-state index contributed by atoms with van der Waals surface area (Å²) in [5, 5.41) is 8.31. The van der Waals surface area contributed by atoms with Crippen LogP contribution in [0, 0.1) is 0 Å². The molecule has 0 spiro atoms. The molecule has 12 heavy (non-hydrogen) atoms. The van der Waals surface area contributed by atoms with Gasteiger partial charge < -0.3 is 15.3 Å². The van der Waals surface area contributed by atoms with Crippen molar-refractivity contribution in [3.05, 3.63) is 35.9 Å². The van der Waals surface area contributed by atoms with Crippen LogP contribution in [0.25, 0.3) is 0 Å². The van der Waals surface area contributed by atoms with Crippen LogP contribution < -0.4 is 51.4 Å². The maximum absolute atomic E-state index is 8.31. The molecule has 0 fully saturated rings. The second-order valence-corrected chi connectivity index (χ2v) is 1.96. The Morgan fingerprint density at radius 2 is 1.75 bits per heavy atom. The van der Waals surface area contributed by atoms with Gasteiger partial charge in [-0.15, -0.1) is 0 Å². The van der Waals surface area contributed by atoms with E-state index in [4.69, 9.17) is 9.84 Å². The average Bonchev–Trinajstić information content (AvgIpc) is 2.03. The molecule has 0 aliphatic heterocycles. The molecule has 1 aromatic rings. The predicted molar refractivity (Wildman–Crippen MR) is 40.3 cm³/mol. The summed E-state index contributed by atoms with van der Waals surface area (Å²) in [6.07, 6.45) is 0. The van der Waals surface area contributed by atoms with Crippen LogP contribution in [0.4, 0.5) is 0 Å². The van der Waals surface area contributed by atoms with Gasteiger partial charge in [-0.2, -0.15) is 0 Å². The van der Waals surface area contributed by atoms with E-state index in [2.05, 4.69) is 0 Å². The molecule has 0 unspecified atom stereocenters. The Kier molecular flexibility index (Phi) is 12.5. The average molecular weight is 194 g/mol. The van der Waals surface area contributed by atoms with Crippen molar-refractivity contribution in [3.8, 4) is 0 Å². The molecule has 0 saturated carbocycles. The number of ether oxygens (including phenoxy) is 1. The molecule has 0 atom stereocenters. The maximum atomic E-state index is 8.31. The Balaban J connectivity index is 0. The van der Waals surface area contributed by atoms with Gasteiger partial charge in [0.15, 0.2) is 0 Å². The van der Waals surface area contributed by atoms with Crippen molar-refractivity contribution in [2.45, 2.75) is 6.61 Å². The minimum atomic E-state index is -0.213. The second-order valence-electron chi connectivity index (χ2n) is 1.96. The normalized spacial score (nSPS) is 8.08. The smallest absolute Gasteiger partial charge is 0.870 e. The first-order chi connectivity index (χ1) is 4.93. The van der Waals surface area contributed by atoms with Crippen LogP contribution in [0.2, 0.25) is 0 Å². The van der Waals surface area contributed by atoms with Crippen LogP contribution in [-0.4, -0.2) is 17.4 Å². The van der Waals surface area contributed by atoms with Crippen molar-refractivity contribution in [1.82, 2.24) is 0 Å². The first kappa shape index (κ1) is 15.2. The molecule has 1 aromatic carbocycles. The first-order valence-corrected chi connectivity index (χ1v) is 3.16. The molecule has 2 N–H and O–H groups in total. The van der Waals surface area contributed by atoms with Crippen LogP contribution in [0.3, 0.4) is 0 Å². The largest absolute Gasteiger partial charge is 1.00 e. The number of hydrogen-bond donors (Lipinski definition) is 1.